The molecule has 2 aliphatic heterocycles. The van der Waals surface area contributed by atoms with E-state index in [-0.39, 0.29) is 16.0 Å². The number of benzene rings is 1. The number of carbonyl (C=O) groups is 6. The van der Waals surface area contributed by atoms with Gasteiger partial charge in [0.05, 0.1) is 11.1 Å². The Morgan fingerprint density at radius 2 is 1.29 bits per heavy atom. The third-order valence-corrected chi connectivity index (χ3v) is 6.43. The largest absolute Gasteiger partial charge is 0.382 e. The van der Waals surface area contributed by atoms with E-state index in [4.69, 9.17) is 4.74 Å². The summed E-state index contributed by atoms with van der Waals surface area (Å²) in [6, 6.07) is 2.61. The van der Waals surface area contributed by atoms with Gasteiger partial charge in [-0.15, -0.1) is 0 Å². The van der Waals surface area contributed by atoms with Gasteiger partial charge in [0.15, 0.2) is 34.3 Å². The van der Waals surface area contributed by atoms with E-state index in [9.17, 15) is 49.2 Å². The first-order valence-electron chi connectivity index (χ1n) is 10.1. The van der Waals surface area contributed by atoms with Crippen LogP contribution < -0.4 is 0 Å². The minimum Gasteiger partial charge on any atom is -0.382 e. The van der Waals surface area contributed by atoms with Gasteiger partial charge in [0.25, 0.3) is 17.6 Å². The molecule has 1 fully saturated rings. The Morgan fingerprint density at radius 3 is 1.65 bits per heavy atom. The molecule has 0 spiro atoms. The number of carbonyl (C=O) groups excluding carboxylic acids is 6. The molecule has 12 heteroatoms. The highest BCUT2D eigenvalue weighted by atomic mass is 16.7. The average molecular weight is 477 g/mol. The molecule has 1 saturated heterocycles. The molecule has 34 heavy (non-hydrogen) atoms. The normalized spacial score (nSPS) is 33.9. The van der Waals surface area contributed by atoms with Crippen LogP contribution >= 0.6 is 0 Å². The number of hydrogen-bond donors (Lipinski definition) is 4. The van der Waals surface area contributed by atoms with Crippen LogP contribution in [-0.4, -0.2) is 95.5 Å². The zero-order valence-electron chi connectivity index (χ0n) is 18.6. The van der Waals surface area contributed by atoms with Crippen LogP contribution in [0.2, 0.25) is 0 Å². The van der Waals surface area contributed by atoms with Gasteiger partial charge in [-0.1, -0.05) is 12.1 Å². The Labute approximate surface area is 192 Å². The molecule has 0 aliphatic carbocycles. The minimum atomic E-state index is -3.59. The summed E-state index contributed by atoms with van der Waals surface area (Å²) in [5, 5.41) is 44.8. The maximum atomic E-state index is 13.2. The lowest BCUT2D eigenvalue weighted by Crippen LogP contribution is -2.87. The van der Waals surface area contributed by atoms with Crippen molar-refractivity contribution in [2.75, 3.05) is 0 Å². The number of imide groups is 1. The van der Waals surface area contributed by atoms with E-state index in [1.54, 1.807) is 0 Å². The summed E-state index contributed by atoms with van der Waals surface area (Å²) in [7, 11) is 0. The Kier molecular flexibility index (Phi) is 5.96. The molecule has 1 aromatic rings. The van der Waals surface area contributed by atoms with Gasteiger partial charge in [-0.05, 0) is 32.9 Å². The second kappa shape index (κ2) is 7.96. The monoisotopic (exact) mass is 477 g/mol. The lowest BCUT2D eigenvalue weighted by Gasteiger charge is -2.58. The Balaban J connectivity index is 2.40. The fraction of sp³-hybridized carbons (Fsp3) is 0.455. The number of rotatable bonds is 6. The van der Waals surface area contributed by atoms with Crippen molar-refractivity contribution in [3.63, 3.8) is 0 Å². The van der Waals surface area contributed by atoms with E-state index < -0.39 is 70.2 Å². The maximum Gasteiger partial charge on any atom is 0.262 e. The van der Waals surface area contributed by atoms with Crippen molar-refractivity contribution in [2.24, 2.45) is 0 Å². The molecule has 2 amide bonds. The van der Waals surface area contributed by atoms with E-state index in [2.05, 4.69) is 0 Å². The molecule has 0 aromatic heterocycles. The first-order valence-corrected chi connectivity index (χ1v) is 10.1. The van der Waals surface area contributed by atoms with E-state index in [1.807, 2.05) is 0 Å². The van der Waals surface area contributed by atoms with Crippen molar-refractivity contribution >= 4 is 34.9 Å². The Morgan fingerprint density at radius 1 is 0.853 bits per heavy atom. The maximum absolute atomic E-state index is 13.2. The van der Waals surface area contributed by atoms with Gasteiger partial charge in [0, 0.05) is 6.92 Å². The average Bonchev–Trinajstić information content (AvgIpc) is 3.00. The third kappa shape index (κ3) is 3.03. The van der Waals surface area contributed by atoms with Gasteiger partial charge in [-0.2, -0.15) is 0 Å². The molecule has 0 saturated carbocycles. The number of fused-ring (bicyclic) bond motifs is 1. The summed E-state index contributed by atoms with van der Waals surface area (Å²) < 4.78 is 5.21. The van der Waals surface area contributed by atoms with Gasteiger partial charge >= 0.3 is 0 Å². The zero-order chi connectivity index (χ0) is 26.0. The number of Topliss-reactive ketones (excluding diaryl/α,β-unsaturated/α-hetero) is 4. The van der Waals surface area contributed by atoms with Crippen LogP contribution in [0.25, 0.3) is 0 Å². The standard InChI is InChI=1S/C22H23NO11/c1-9(24)15(28)16-20(31,10(2)25)21(32,11(3)26)19(22(33,34-16)12(4)27)23-17(29)13-7-5-6-8-14(13)18(23)30/h5-8,15-16,19,28,31-33H,1-4H3/t15?,16-,19-,20-,21-,22-/m1/s1. The van der Waals surface area contributed by atoms with Crippen LogP contribution in [0, 0.1) is 0 Å². The molecular formula is C22H23NO11. The van der Waals surface area contributed by atoms with Crippen LogP contribution in [0.15, 0.2) is 24.3 Å². The van der Waals surface area contributed by atoms with Gasteiger partial charge < -0.3 is 25.2 Å². The van der Waals surface area contributed by atoms with Crippen LogP contribution in [0.1, 0.15) is 48.4 Å². The van der Waals surface area contributed by atoms with Crippen molar-refractivity contribution in [3.05, 3.63) is 35.4 Å². The van der Waals surface area contributed by atoms with Crippen molar-refractivity contribution in [1.29, 1.82) is 0 Å². The van der Waals surface area contributed by atoms with Gasteiger partial charge in [0.2, 0.25) is 0 Å². The topological polar surface area (TPSA) is 196 Å². The zero-order valence-corrected chi connectivity index (χ0v) is 18.6. The predicted molar refractivity (Wildman–Crippen MR) is 109 cm³/mol. The molecule has 6 atom stereocenters. The van der Waals surface area contributed by atoms with E-state index in [0.29, 0.717) is 13.8 Å². The fourth-order valence-electron chi connectivity index (χ4n) is 4.57. The second-order valence-electron chi connectivity index (χ2n) is 8.42. The predicted octanol–water partition coefficient (Wildman–Crippen LogP) is -2.08. The van der Waals surface area contributed by atoms with E-state index in [0.717, 1.165) is 13.8 Å². The first kappa shape index (κ1) is 25.5. The molecular weight excluding hydrogens is 454 g/mol. The van der Waals surface area contributed by atoms with Gasteiger partial charge in [-0.25, -0.2) is 0 Å². The molecule has 3 rings (SSSR count). The fourth-order valence-corrected chi connectivity index (χ4v) is 4.57. The number of aliphatic hydroxyl groups excluding tert-OH is 1. The van der Waals surface area contributed by atoms with Gasteiger partial charge in [0.1, 0.15) is 18.2 Å². The number of hydrogen-bond acceptors (Lipinski definition) is 11. The van der Waals surface area contributed by atoms with Crippen molar-refractivity contribution in [2.45, 2.75) is 62.9 Å². The highest BCUT2D eigenvalue weighted by molar-refractivity contribution is 6.22. The lowest BCUT2D eigenvalue weighted by atomic mass is 9.63. The summed E-state index contributed by atoms with van der Waals surface area (Å²) in [5.41, 5.74) is -7.49. The summed E-state index contributed by atoms with van der Waals surface area (Å²) in [6.07, 6.45) is -4.94. The van der Waals surface area contributed by atoms with Crippen molar-refractivity contribution < 1.29 is 53.9 Å². The molecule has 1 aromatic carbocycles. The molecule has 12 nitrogen and oxygen atoms in total. The summed E-state index contributed by atoms with van der Waals surface area (Å²) in [4.78, 5) is 76.6. The second-order valence-corrected chi connectivity index (χ2v) is 8.42. The molecule has 2 aliphatic rings. The van der Waals surface area contributed by atoms with Gasteiger partial charge in [-0.3, -0.25) is 33.7 Å². The molecule has 182 valence electrons. The smallest absolute Gasteiger partial charge is 0.262 e. The van der Waals surface area contributed by atoms with E-state index in [1.165, 1.54) is 24.3 Å². The van der Waals surface area contributed by atoms with Crippen LogP contribution in [0.3, 0.4) is 0 Å². The highest BCUT2D eigenvalue weighted by Crippen LogP contribution is 2.48. The number of ketones is 4. The van der Waals surface area contributed by atoms with E-state index >= 15 is 0 Å². The lowest BCUT2D eigenvalue weighted by molar-refractivity contribution is -0.352. The number of amides is 2. The van der Waals surface area contributed by atoms with Crippen molar-refractivity contribution in [1.82, 2.24) is 4.90 Å². The van der Waals surface area contributed by atoms with Crippen LogP contribution in [0.5, 0.6) is 0 Å². The van der Waals surface area contributed by atoms with Crippen molar-refractivity contribution in [3.8, 4) is 0 Å². The quantitative estimate of drug-likeness (QED) is 0.328. The van der Waals surface area contributed by atoms with Crippen LogP contribution in [0.4, 0.5) is 0 Å². The Hall–Kier alpha value is -3.16. The SMILES string of the molecule is CC(=O)C(O)[C@H]1O[C@](O)(C(C)=O)[C@H](N2C(=O)c3ccccc3C2=O)[C@](O)(C(C)=O)[C@@]1(O)C(C)=O. The number of nitrogens with zero attached hydrogens (tertiary/aromatic N) is 1. The highest BCUT2D eigenvalue weighted by Gasteiger charge is 2.78. The molecule has 0 bridgehead atoms. The number of aliphatic hydroxyl groups is 4. The summed E-state index contributed by atoms with van der Waals surface area (Å²) in [6.45, 7) is 2.91. The Bertz CT molecular complexity index is 1110. The molecule has 0 radical (unpaired) electrons. The minimum absolute atomic E-state index is 0.164. The third-order valence-electron chi connectivity index (χ3n) is 6.43. The number of ether oxygens (including phenoxy) is 1. The molecule has 1 unspecified atom stereocenters. The summed E-state index contributed by atoms with van der Waals surface area (Å²) in [5.74, 6) is -11.1. The van der Waals surface area contributed by atoms with Crippen LogP contribution in [-0.2, 0) is 23.9 Å². The summed E-state index contributed by atoms with van der Waals surface area (Å²) >= 11 is 0. The molecule has 2 heterocycles. The molecule has 4 N–H and O–H groups in total. The first-order chi connectivity index (χ1) is 15.6.